The molecule has 0 amide bonds. The molecular formula is C15H23BrN2. The van der Waals surface area contributed by atoms with Crippen molar-refractivity contribution in [2.45, 2.75) is 51.1 Å². The van der Waals surface area contributed by atoms with E-state index >= 15 is 0 Å². The Balaban J connectivity index is 2.16. The van der Waals surface area contributed by atoms with Crippen molar-refractivity contribution in [3.05, 3.63) is 28.2 Å². The highest BCUT2D eigenvalue weighted by Crippen LogP contribution is 2.32. The van der Waals surface area contributed by atoms with E-state index in [0.29, 0.717) is 6.04 Å². The average molecular weight is 311 g/mol. The van der Waals surface area contributed by atoms with E-state index in [-0.39, 0.29) is 6.04 Å². The topological polar surface area (TPSA) is 29.3 Å². The molecule has 1 aromatic carbocycles. The molecule has 1 fully saturated rings. The molecule has 2 N–H and O–H groups in total. The third-order valence-corrected chi connectivity index (χ3v) is 4.64. The van der Waals surface area contributed by atoms with Gasteiger partial charge in [-0.05, 0) is 53.4 Å². The van der Waals surface area contributed by atoms with Gasteiger partial charge in [0.25, 0.3) is 0 Å². The summed E-state index contributed by atoms with van der Waals surface area (Å²) in [5, 5.41) is 0. The molecular weight excluding hydrogens is 288 g/mol. The third-order valence-electron chi connectivity index (χ3n) is 4.00. The number of nitrogens with two attached hydrogens (primary N) is 1. The van der Waals surface area contributed by atoms with Crippen LogP contribution >= 0.6 is 15.9 Å². The summed E-state index contributed by atoms with van der Waals surface area (Å²) in [5.41, 5.74) is 8.38. The molecule has 2 nitrogen and oxygen atoms in total. The van der Waals surface area contributed by atoms with Crippen LogP contribution in [0, 0.1) is 0 Å². The van der Waals surface area contributed by atoms with Gasteiger partial charge in [-0.3, -0.25) is 0 Å². The largest absolute Gasteiger partial charge is 0.371 e. The van der Waals surface area contributed by atoms with Crippen molar-refractivity contribution in [2.24, 2.45) is 5.73 Å². The first-order chi connectivity index (χ1) is 8.59. The first-order valence-electron chi connectivity index (χ1n) is 6.87. The normalized spacial score (nSPS) is 18.7. The van der Waals surface area contributed by atoms with E-state index in [0.717, 1.165) is 4.47 Å². The number of halogens is 1. The number of hydrogen-bond donors (Lipinski definition) is 1. The first-order valence-corrected chi connectivity index (χ1v) is 7.66. The van der Waals surface area contributed by atoms with Gasteiger partial charge in [-0.2, -0.15) is 0 Å². The molecule has 0 bridgehead atoms. The molecule has 18 heavy (non-hydrogen) atoms. The Bertz CT molecular complexity index is 397. The molecule has 100 valence electrons. The van der Waals surface area contributed by atoms with Gasteiger partial charge in [0.2, 0.25) is 0 Å². The summed E-state index contributed by atoms with van der Waals surface area (Å²) in [4.78, 5) is 2.42. The lowest BCUT2D eigenvalue weighted by Crippen LogP contribution is -2.33. The molecule has 3 heteroatoms. The molecule has 2 rings (SSSR count). The van der Waals surface area contributed by atoms with Crippen molar-refractivity contribution in [3.8, 4) is 0 Å². The number of nitrogens with zero attached hydrogens (tertiary/aromatic N) is 1. The Morgan fingerprint density at radius 3 is 2.50 bits per heavy atom. The predicted molar refractivity (Wildman–Crippen MR) is 82.0 cm³/mol. The van der Waals surface area contributed by atoms with Gasteiger partial charge in [-0.15, -0.1) is 0 Å². The van der Waals surface area contributed by atoms with Crippen LogP contribution in [0.4, 0.5) is 5.69 Å². The second-order valence-corrected chi connectivity index (χ2v) is 6.26. The van der Waals surface area contributed by atoms with Gasteiger partial charge in [0.15, 0.2) is 0 Å². The van der Waals surface area contributed by atoms with Crippen LogP contribution in [0.3, 0.4) is 0 Å². The van der Waals surface area contributed by atoms with Gasteiger partial charge in [-0.1, -0.05) is 25.3 Å². The molecule has 1 aliphatic rings. The minimum atomic E-state index is 0.0929. The highest BCUT2D eigenvalue weighted by atomic mass is 79.9. The summed E-state index contributed by atoms with van der Waals surface area (Å²) in [5.74, 6) is 0. The van der Waals surface area contributed by atoms with Crippen LogP contribution < -0.4 is 10.6 Å². The summed E-state index contributed by atoms with van der Waals surface area (Å²) in [6, 6.07) is 7.27. The van der Waals surface area contributed by atoms with Crippen LogP contribution in [0.2, 0.25) is 0 Å². The van der Waals surface area contributed by atoms with Crippen molar-refractivity contribution in [1.82, 2.24) is 0 Å². The lowest BCUT2D eigenvalue weighted by Gasteiger charge is -2.33. The fraction of sp³-hybridized carbons (Fsp3) is 0.600. The second kappa shape index (κ2) is 6.07. The van der Waals surface area contributed by atoms with Gasteiger partial charge in [-0.25, -0.2) is 0 Å². The zero-order valence-electron chi connectivity index (χ0n) is 11.3. The van der Waals surface area contributed by atoms with Crippen LogP contribution in [0.5, 0.6) is 0 Å². The van der Waals surface area contributed by atoms with E-state index in [1.54, 1.807) is 0 Å². The van der Waals surface area contributed by atoms with Crippen LogP contribution in [-0.4, -0.2) is 13.1 Å². The summed E-state index contributed by atoms with van der Waals surface area (Å²) >= 11 is 3.69. The van der Waals surface area contributed by atoms with Crippen molar-refractivity contribution in [1.29, 1.82) is 0 Å². The zero-order valence-corrected chi connectivity index (χ0v) is 12.9. The van der Waals surface area contributed by atoms with E-state index in [4.69, 9.17) is 5.73 Å². The molecule has 0 heterocycles. The quantitative estimate of drug-likeness (QED) is 0.905. The Labute approximate surface area is 119 Å². The summed E-state index contributed by atoms with van der Waals surface area (Å²) < 4.78 is 1.16. The van der Waals surface area contributed by atoms with Crippen molar-refractivity contribution < 1.29 is 0 Å². The smallest absolute Gasteiger partial charge is 0.0510 e. The summed E-state index contributed by atoms with van der Waals surface area (Å²) in [6.07, 6.45) is 6.76. The number of hydrogen-bond acceptors (Lipinski definition) is 2. The monoisotopic (exact) mass is 310 g/mol. The molecule has 0 aromatic heterocycles. The van der Waals surface area contributed by atoms with Gasteiger partial charge in [0, 0.05) is 23.6 Å². The molecule has 0 unspecified atom stereocenters. The van der Waals surface area contributed by atoms with E-state index in [9.17, 15) is 0 Å². The van der Waals surface area contributed by atoms with E-state index in [1.807, 2.05) is 6.92 Å². The van der Waals surface area contributed by atoms with Crippen LogP contribution in [-0.2, 0) is 0 Å². The zero-order chi connectivity index (χ0) is 13.1. The molecule has 0 radical (unpaired) electrons. The third kappa shape index (κ3) is 3.07. The molecule has 0 aliphatic heterocycles. The van der Waals surface area contributed by atoms with Crippen molar-refractivity contribution in [3.63, 3.8) is 0 Å². The van der Waals surface area contributed by atoms with Gasteiger partial charge in [0.1, 0.15) is 0 Å². The summed E-state index contributed by atoms with van der Waals surface area (Å²) in [6.45, 7) is 2.02. The SMILES string of the molecule is C[C@@H](N)c1ccc(N(C)C2CCCCC2)c(Br)c1. The standard InChI is InChI=1S/C15H23BrN2/c1-11(17)12-8-9-15(14(16)10-12)18(2)13-6-4-3-5-7-13/h8-11,13H,3-7,17H2,1-2H3/t11-/m1/s1. The van der Waals surface area contributed by atoms with E-state index in [1.165, 1.54) is 43.4 Å². The molecule has 0 spiro atoms. The highest BCUT2D eigenvalue weighted by Gasteiger charge is 2.19. The van der Waals surface area contributed by atoms with Crippen molar-refractivity contribution in [2.75, 3.05) is 11.9 Å². The fourth-order valence-electron chi connectivity index (χ4n) is 2.76. The second-order valence-electron chi connectivity index (χ2n) is 5.40. The van der Waals surface area contributed by atoms with Crippen molar-refractivity contribution >= 4 is 21.6 Å². The molecule has 1 saturated carbocycles. The van der Waals surface area contributed by atoms with Gasteiger partial charge >= 0.3 is 0 Å². The van der Waals surface area contributed by atoms with E-state index < -0.39 is 0 Å². The Hall–Kier alpha value is -0.540. The molecule has 0 saturated heterocycles. The van der Waals surface area contributed by atoms with Crippen LogP contribution in [0.15, 0.2) is 22.7 Å². The van der Waals surface area contributed by atoms with E-state index in [2.05, 4.69) is 46.1 Å². The Kier molecular flexibility index (Phi) is 4.68. The number of anilines is 1. The van der Waals surface area contributed by atoms with Crippen LogP contribution in [0.25, 0.3) is 0 Å². The molecule has 1 aromatic rings. The fourth-order valence-corrected chi connectivity index (χ4v) is 3.43. The van der Waals surface area contributed by atoms with Gasteiger partial charge < -0.3 is 10.6 Å². The lowest BCUT2D eigenvalue weighted by molar-refractivity contribution is 0.427. The maximum Gasteiger partial charge on any atom is 0.0510 e. The minimum absolute atomic E-state index is 0.0929. The average Bonchev–Trinajstić information content (AvgIpc) is 2.38. The lowest BCUT2D eigenvalue weighted by atomic mass is 9.94. The molecule has 1 atom stereocenters. The van der Waals surface area contributed by atoms with Gasteiger partial charge in [0.05, 0.1) is 5.69 Å². The Morgan fingerprint density at radius 1 is 1.28 bits per heavy atom. The number of rotatable bonds is 3. The predicted octanol–water partition coefficient (Wildman–Crippen LogP) is 4.24. The first kappa shape index (κ1) is 13.9. The maximum absolute atomic E-state index is 5.92. The molecule has 1 aliphatic carbocycles. The minimum Gasteiger partial charge on any atom is -0.371 e. The highest BCUT2D eigenvalue weighted by molar-refractivity contribution is 9.10. The Morgan fingerprint density at radius 2 is 1.94 bits per heavy atom. The van der Waals surface area contributed by atoms with Crippen LogP contribution in [0.1, 0.15) is 50.6 Å². The maximum atomic E-state index is 5.92. The summed E-state index contributed by atoms with van der Waals surface area (Å²) in [7, 11) is 2.21. The number of benzene rings is 1.